The maximum atomic E-state index is 11.2. The summed E-state index contributed by atoms with van der Waals surface area (Å²) < 4.78 is 16.0. The number of ether oxygens (including phenoxy) is 1. The van der Waals surface area contributed by atoms with Gasteiger partial charge < -0.3 is 4.74 Å². The smallest absolute Gasteiger partial charge is 0.341 e. The molecule has 0 aliphatic carbocycles. The summed E-state index contributed by atoms with van der Waals surface area (Å²) in [6.07, 6.45) is 8.86. The summed E-state index contributed by atoms with van der Waals surface area (Å²) in [6.45, 7) is 2.22. The Labute approximate surface area is 82.8 Å². The van der Waals surface area contributed by atoms with Crippen molar-refractivity contribution in [2.45, 2.75) is 45.4 Å². The van der Waals surface area contributed by atoms with E-state index in [-0.39, 0.29) is 0 Å². The SMILES string of the molecule is CCCCCCCC[P+](=O)COC. The number of methoxy groups -OCH3 is 1. The molecule has 0 spiro atoms. The maximum absolute atomic E-state index is 11.2. The van der Waals surface area contributed by atoms with Crippen LogP contribution >= 0.6 is 7.80 Å². The first-order valence-electron chi connectivity index (χ1n) is 5.22. The average molecular weight is 205 g/mol. The Kier molecular flexibility index (Phi) is 10.2. The fourth-order valence-corrected chi connectivity index (χ4v) is 2.27. The standard InChI is InChI=1S/C10H22O2P/c1-3-4-5-6-7-8-9-13(11)10-12-2/h3-10H2,1-2H3/q+1. The van der Waals surface area contributed by atoms with Crippen LogP contribution in [0.1, 0.15) is 45.4 Å². The van der Waals surface area contributed by atoms with Crippen LogP contribution in [0.2, 0.25) is 0 Å². The van der Waals surface area contributed by atoms with Crippen LogP contribution in [0, 0.1) is 0 Å². The fraction of sp³-hybridized carbons (Fsp3) is 1.00. The van der Waals surface area contributed by atoms with Crippen LogP contribution in [0.15, 0.2) is 0 Å². The highest BCUT2D eigenvalue weighted by Gasteiger charge is 2.12. The average Bonchev–Trinajstić information content (AvgIpc) is 2.11. The molecule has 0 aliphatic heterocycles. The quantitative estimate of drug-likeness (QED) is 0.423. The highest BCUT2D eigenvalue weighted by Crippen LogP contribution is 2.22. The third-order valence-electron chi connectivity index (χ3n) is 2.03. The molecular formula is C10H22O2P+. The third kappa shape index (κ3) is 9.98. The molecule has 1 atom stereocenters. The first-order valence-corrected chi connectivity index (χ1v) is 6.85. The summed E-state index contributed by atoms with van der Waals surface area (Å²) in [7, 11) is 0.528. The van der Waals surface area contributed by atoms with Gasteiger partial charge in [0.25, 0.3) is 0 Å². The predicted molar refractivity (Wildman–Crippen MR) is 57.7 cm³/mol. The molecule has 0 fully saturated rings. The van der Waals surface area contributed by atoms with Crippen LogP contribution in [0.25, 0.3) is 0 Å². The molecule has 78 valence electrons. The molecule has 0 aromatic rings. The predicted octanol–water partition coefficient (Wildman–Crippen LogP) is 3.78. The molecule has 2 nitrogen and oxygen atoms in total. The Bertz CT molecular complexity index is 126. The second-order valence-electron chi connectivity index (χ2n) is 3.39. The van der Waals surface area contributed by atoms with Crippen LogP contribution < -0.4 is 0 Å². The van der Waals surface area contributed by atoms with Crippen LogP contribution in [0.3, 0.4) is 0 Å². The molecule has 13 heavy (non-hydrogen) atoms. The second kappa shape index (κ2) is 10.1. The largest absolute Gasteiger partial charge is 0.366 e. The van der Waals surface area contributed by atoms with Crippen LogP contribution in [-0.2, 0) is 9.30 Å². The number of hydrogen-bond donors (Lipinski definition) is 0. The first-order chi connectivity index (χ1) is 6.31. The summed E-state index contributed by atoms with van der Waals surface area (Å²) in [5.41, 5.74) is 0. The fourth-order valence-electron chi connectivity index (χ4n) is 1.28. The van der Waals surface area contributed by atoms with Crippen molar-refractivity contribution in [2.24, 2.45) is 0 Å². The van der Waals surface area contributed by atoms with Crippen LogP contribution in [0.4, 0.5) is 0 Å². The zero-order valence-corrected chi connectivity index (χ0v) is 9.81. The van der Waals surface area contributed by atoms with Gasteiger partial charge in [-0.1, -0.05) is 37.2 Å². The van der Waals surface area contributed by atoms with Crippen molar-refractivity contribution in [3.63, 3.8) is 0 Å². The van der Waals surface area contributed by atoms with Crippen molar-refractivity contribution in [1.82, 2.24) is 0 Å². The molecule has 0 amide bonds. The van der Waals surface area contributed by atoms with Gasteiger partial charge in [-0.3, -0.25) is 0 Å². The Balaban J connectivity index is 3.02. The minimum absolute atomic E-state index is 0.435. The van der Waals surface area contributed by atoms with Gasteiger partial charge in [-0.15, -0.1) is 0 Å². The topological polar surface area (TPSA) is 26.3 Å². The molecule has 0 rings (SSSR count). The molecule has 0 saturated carbocycles. The zero-order chi connectivity index (χ0) is 9.94. The summed E-state index contributed by atoms with van der Waals surface area (Å²) in [4.78, 5) is 0. The summed E-state index contributed by atoms with van der Waals surface area (Å²) in [6, 6.07) is 0. The van der Waals surface area contributed by atoms with Gasteiger partial charge in [0.2, 0.25) is 6.35 Å². The number of rotatable bonds is 9. The van der Waals surface area contributed by atoms with Gasteiger partial charge in [0.05, 0.1) is 0 Å². The molecule has 0 N–H and O–H groups in total. The van der Waals surface area contributed by atoms with Gasteiger partial charge >= 0.3 is 7.80 Å². The second-order valence-corrected chi connectivity index (χ2v) is 5.06. The molecule has 0 aliphatic rings. The van der Waals surface area contributed by atoms with E-state index in [1.54, 1.807) is 7.11 Å². The van der Waals surface area contributed by atoms with Crippen molar-refractivity contribution in [3.8, 4) is 0 Å². The minimum atomic E-state index is -1.08. The highest BCUT2D eigenvalue weighted by molar-refractivity contribution is 7.44. The first kappa shape index (κ1) is 13.1. The molecule has 0 heterocycles. The lowest BCUT2D eigenvalue weighted by atomic mass is 10.1. The van der Waals surface area contributed by atoms with Gasteiger partial charge in [-0.25, -0.2) is 0 Å². The van der Waals surface area contributed by atoms with Gasteiger partial charge in [0.15, 0.2) is 0 Å². The summed E-state index contributed by atoms with van der Waals surface area (Å²) >= 11 is 0. The third-order valence-corrected chi connectivity index (χ3v) is 3.40. The van der Waals surface area contributed by atoms with Crippen molar-refractivity contribution < 1.29 is 9.30 Å². The molecule has 1 unspecified atom stereocenters. The van der Waals surface area contributed by atoms with E-state index in [0.29, 0.717) is 6.35 Å². The van der Waals surface area contributed by atoms with E-state index in [1.807, 2.05) is 0 Å². The van der Waals surface area contributed by atoms with Crippen molar-refractivity contribution in [3.05, 3.63) is 0 Å². The summed E-state index contributed by atoms with van der Waals surface area (Å²) in [5, 5.41) is 0. The Morgan fingerprint density at radius 1 is 1.08 bits per heavy atom. The zero-order valence-electron chi connectivity index (χ0n) is 8.92. The van der Waals surface area contributed by atoms with Crippen LogP contribution in [0.5, 0.6) is 0 Å². The van der Waals surface area contributed by atoms with E-state index < -0.39 is 7.80 Å². The maximum Gasteiger partial charge on any atom is 0.366 e. The van der Waals surface area contributed by atoms with Gasteiger partial charge in [0.1, 0.15) is 6.16 Å². The molecule has 0 bridgehead atoms. The Hall–Kier alpha value is 0.0600. The van der Waals surface area contributed by atoms with Crippen molar-refractivity contribution in [1.29, 1.82) is 0 Å². The minimum Gasteiger partial charge on any atom is -0.341 e. The van der Waals surface area contributed by atoms with E-state index in [4.69, 9.17) is 4.74 Å². The molecule has 3 heteroatoms. The van der Waals surface area contributed by atoms with Gasteiger partial charge in [-0.05, 0) is 12.8 Å². The monoisotopic (exact) mass is 205 g/mol. The van der Waals surface area contributed by atoms with Gasteiger partial charge in [0, 0.05) is 7.11 Å². The van der Waals surface area contributed by atoms with E-state index in [2.05, 4.69) is 6.92 Å². The number of unbranched alkanes of at least 4 members (excludes halogenated alkanes) is 5. The molecule has 0 saturated heterocycles. The molecule has 0 radical (unpaired) electrons. The Morgan fingerprint density at radius 3 is 2.31 bits per heavy atom. The lowest BCUT2D eigenvalue weighted by molar-refractivity contribution is 0.251. The molecule has 0 aromatic carbocycles. The molecular weight excluding hydrogens is 183 g/mol. The lowest BCUT2D eigenvalue weighted by Gasteiger charge is -1.95. The van der Waals surface area contributed by atoms with E-state index in [0.717, 1.165) is 12.6 Å². The lowest BCUT2D eigenvalue weighted by Crippen LogP contribution is -1.87. The number of hydrogen-bond acceptors (Lipinski definition) is 2. The molecule has 0 aromatic heterocycles. The van der Waals surface area contributed by atoms with Crippen LogP contribution in [-0.4, -0.2) is 19.6 Å². The normalized spacial score (nSPS) is 11.7. The van der Waals surface area contributed by atoms with E-state index in [9.17, 15) is 4.57 Å². The van der Waals surface area contributed by atoms with Crippen molar-refractivity contribution in [2.75, 3.05) is 19.6 Å². The van der Waals surface area contributed by atoms with Gasteiger partial charge in [-0.2, -0.15) is 0 Å². The highest BCUT2D eigenvalue weighted by atomic mass is 31.1. The van der Waals surface area contributed by atoms with E-state index >= 15 is 0 Å². The summed E-state index contributed by atoms with van der Waals surface area (Å²) in [5.74, 6) is 0. The Morgan fingerprint density at radius 2 is 1.69 bits per heavy atom. The van der Waals surface area contributed by atoms with E-state index in [1.165, 1.54) is 32.1 Å². The van der Waals surface area contributed by atoms with Crippen molar-refractivity contribution >= 4 is 7.80 Å².